The van der Waals surface area contributed by atoms with E-state index < -0.39 is 10.8 Å². The molecule has 0 bridgehead atoms. The van der Waals surface area contributed by atoms with Crippen LogP contribution in [-0.4, -0.2) is 0 Å². The number of benzene rings is 13. The monoisotopic (exact) mass is 1020 g/mol. The second kappa shape index (κ2) is 19.3. The molecule has 0 heterocycles. The van der Waals surface area contributed by atoms with Gasteiger partial charge in [0, 0.05) is 33.8 Å². The molecule has 0 amide bonds. The summed E-state index contributed by atoms with van der Waals surface area (Å²) in [5, 5.41) is 2.36. The second-order valence-corrected chi connectivity index (χ2v) is 21.1. The number of hydrogen-bond donors (Lipinski definition) is 0. The summed E-state index contributed by atoms with van der Waals surface area (Å²) in [5.74, 6) is 0. The lowest BCUT2D eigenvalue weighted by atomic mass is 9.67. The van der Waals surface area contributed by atoms with Crippen molar-refractivity contribution >= 4 is 44.9 Å². The van der Waals surface area contributed by atoms with Gasteiger partial charge >= 0.3 is 0 Å². The lowest BCUT2D eigenvalue weighted by molar-refractivity contribution is 0.768. The Morgan fingerprint density at radius 1 is 0.200 bits per heavy atom. The van der Waals surface area contributed by atoms with Crippen LogP contribution in [0.2, 0.25) is 0 Å². The van der Waals surface area contributed by atoms with Crippen LogP contribution < -0.4 is 9.80 Å². The molecule has 376 valence electrons. The summed E-state index contributed by atoms with van der Waals surface area (Å²) in [5.41, 5.74) is 23.1. The molecule has 0 saturated carbocycles. The number of hydrogen-bond acceptors (Lipinski definition) is 2. The average Bonchev–Trinajstić information content (AvgIpc) is 4.20. The highest BCUT2D eigenvalue weighted by Crippen LogP contribution is 2.59. The van der Waals surface area contributed by atoms with Gasteiger partial charge in [-0.3, -0.25) is 0 Å². The first-order valence-corrected chi connectivity index (χ1v) is 27.7. The van der Waals surface area contributed by atoms with Gasteiger partial charge in [-0.1, -0.05) is 261 Å². The summed E-state index contributed by atoms with van der Waals surface area (Å²) < 4.78 is 0. The first-order chi connectivity index (χ1) is 39.7. The van der Waals surface area contributed by atoms with E-state index in [0.29, 0.717) is 0 Å². The van der Waals surface area contributed by atoms with Crippen LogP contribution in [0.3, 0.4) is 0 Å². The molecule has 2 aliphatic rings. The maximum absolute atomic E-state index is 2.46. The maximum Gasteiger partial charge on any atom is 0.0714 e. The number of para-hydroxylation sites is 2. The standard InChI is InChI=1S/C78H54N2/c1-7-25-56(26-8-1)77(57-27-9-2-10-28-57)72-41-23-21-38-67(72)69-49-47-63(53-74(69)77)79(60-33-15-5-16-34-60)62-45-43-55(44-46-62)65-51-52-76(71-40-20-19-37-66(65)71)80(61-35-17-6-18-36-61)64-48-50-70-68-39-22-24-42-73(68)78(75(70)54-64,58-29-11-3-12-30-58)59-31-13-4-14-32-59/h1-54H. The van der Waals surface area contributed by atoms with Crippen LogP contribution in [0.1, 0.15) is 44.5 Å². The summed E-state index contributed by atoms with van der Waals surface area (Å²) in [6, 6.07) is 121. The zero-order valence-electron chi connectivity index (χ0n) is 44.1. The molecule has 0 spiro atoms. The smallest absolute Gasteiger partial charge is 0.0714 e. The van der Waals surface area contributed by atoms with Crippen LogP contribution in [0, 0.1) is 0 Å². The number of fused-ring (bicyclic) bond motifs is 7. The van der Waals surface area contributed by atoms with Crippen LogP contribution >= 0.6 is 0 Å². The molecule has 0 N–H and O–H groups in total. The third kappa shape index (κ3) is 7.26. The second-order valence-electron chi connectivity index (χ2n) is 21.1. The Hall–Kier alpha value is -10.3. The molecule has 0 aromatic heterocycles. The Labute approximate surface area is 468 Å². The molecule has 2 aliphatic carbocycles. The van der Waals surface area contributed by atoms with E-state index in [1.165, 1.54) is 83.1 Å². The summed E-state index contributed by atoms with van der Waals surface area (Å²) in [7, 11) is 0. The van der Waals surface area contributed by atoms with Gasteiger partial charge in [-0.25, -0.2) is 0 Å². The van der Waals surface area contributed by atoms with Crippen molar-refractivity contribution in [1.29, 1.82) is 0 Å². The minimum atomic E-state index is -0.525. The Balaban J connectivity index is 0.856. The quantitative estimate of drug-likeness (QED) is 0.127. The Kier molecular flexibility index (Phi) is 11.3. The zero-order chi connectivity index (χ0) is 53.0. The van der Waals surface area contributed by atoms with Crippen molar-refractivity contribution in [2.45, 2.75) is 10.8 Å². The van der Waals surface area contributed by atoms with Crippen LogP contribution in [0.5, 0.6) is 0 Å². The Morgan fingerprint density at radius 3 is 0.988 bits per heavy atom. The lowest BCUT2D eigenvalue weighted by Gasteiger charge is -2.35. The minimum Gasteiger partial charge on any atom is -0.310 e. The summed E-state index contributed by atoms with van der Waals surface area (Å²) in [4.78, 5) is 4.86. The van der Waals surface area contributed by atoms with E-state index in [9.17, 15) is 0 Å². The van der Waals surface area contributed by atoms with Gasteiger partial charge in [-0.05, 0) is 150 Å². The van der Waals surface area contributed by atoms with Gasteiger partial charge < -0.3 is 9.80 Å². The molecule has 13 aromatic carbocycles. The zero-order valence-corrected chi connectivity index (χ0v) is 44.1. The van der Waals surface area contributed by atoms with Gasteiger partial charge in [0.05, 0.1) is 16.5 Å². The van der Waals surface area contributed by atoms with Crippen LogP contribution in [0.25, 0.3) is 44.2 Å². The van der Waals surface area contributed by atoms with E-state index in [4.69, 9.17) is 0 Å². The minimum absolute atomic E-state index is 0.513. The fourth-order valence-corrected chi connectivity index (χ4v) is 13.7. The maximum atomic E-state index is 2.46. The topological polar surface area (TPSA) is 6.48 Å². The van der Waals surface area contributed by atoms with Crippen LogP contribution in [0.4, 0.5) is 34.1 Å². The highest BCUT2D eigenvalue weighted by Gasteiger charge is 2.48. The lowest BCUT2D eigenvalue weighted by Crippen LogP contribution is -2.28. The van der Waals surface area contributed by atoms with E-state index >= 15 is 0 Å². The molecular weight excluding hydrogens is 965 g/mol. The van der Waals surface area contributed by atoms with Gasteiger partial charge in [-0.2, -0.15) is 0 Å². The molecular formula is C78H54N2. The van der Waals surface area contributed by atoms with Crippen molar-refractivity contribution in [3.63, 3.8) is 0 Å². The van der Waals surface area contributed by atoms with Gasteiger partial charge in [0.2, 0.25) is 0 Å². The molecule has 2 nitrogen and oxygen atoms in total. The summed E-state index contributed by atoms with van der Waals surface area (Å²) in [6.45, 7) is 0. The van der Waals surface area contributed by atoms with E-state index in [1.807, 2.05) is 0 Å². The molecule has 15 rings (SSSR count). The molecule has 13 aromatic rings. The van der Waals surface area contributed by atoms with E-state index in [-0.39, 0.29) is 0 Å². The molecule has 0 unspecified atom stereocenters. The van der Waals surface area contributed by atoms with Crippen molar-refractivity contribution in [3.05, 3.63) is 372 Å². The Bertz CT molecular complexity index is 4310. The van der Waals surface area contributed by atoms with Crippen molar-refractivity contribution in [2.24, 2.45) is 0 Å². The molecule has 0 aliphatic heterocycles. The molecule has 0 saturated heterocycles. The summed E-state index contributed by atoms with van der Waals surface area (Å²) >= 11 is 0. The normalized spacial score (nSPS) is 13.2. The third-order valence-corrected chi connectivity index (χ3v) is 17.0. The van der Waals surface area contributed by atoms with Gasteiger partial charge in [0.15, 0.2) is 0 Å². The van der Waals surface area contributed by atoms with Crippen LogP contribution in [0.15, 0.2) is 328 Å². The van der Waals surface area contributed by atoms with Crippen molar-refractivity contribution in [3.8, 4) is 33.4 Å². The van der Waals surface area contributed by atoms with Gasteiger partial charge in [0.25, 0.3) is 0 Å². The van der Waals surface area contributed by atoms with Crippen molar-refractivity contribution in [1.82, 2.24) is 0 Å². The molecule has 2 heteroatoms. The van der Waals surface area contributed by atoms with Gasteiger partial charge in [0.1, 0.15) is 0 Å². The Morgan fingerprint density at radius 2 is 0.525 bits per heavy atom. The molecule has 80 heavy (non-hydrogen) atoms. The van der Waals surface area contributed by atoms with Crippen LogP contribution in [-0.2, 0) is 10.8 Å². The number of nitrogens with zero attached hydrogens (tertiary/aromatic N) is 2. The molecule has 0 atom stereocenters. The third-order valence-electron chi connectivity index (χ3n) is 17.0. The van der Waals surface area contributed by atoms with Crippen molar-refractivity contribution < 1.29 is 0 Å². The predicted molar refractivity (Wildman–Crippen MR) is 333 cm³/mol. The first-order valence-electron chi connectivity index (χ1n) is 27.7. The first kappa shape index (κ1) is 47.0. The highest BCUT2D eigenvalue weighted by atomic mass is 15.1. The molecule has 0 fully saturated rings. The average molecular weight is 1020 g/mol. The molecule has 0 radical (unpaired) electrons. The largest absolute Gasteiger partial charge is 0.310 e. The number of rotatable bonds is 11. The predicted octanol–water partition coefficient (Wildman–Crippen LogP) is 20.2. The number of anilines is 6. The summed E-state index contributed by atoms with van der Waals surface area (Å²) in [6.07, 6.45) is 0. The highest BCUT2D eigenvalue weighted by molar-refractivity contribution is 6.07. The fourth-order valence-electron chi connectivity index (χ4n) is 13.7. The SMILES string of the molecule is c1ccc(N(c2ccc(-c3ccc(N(c4ccccc4)c4ccc5c(c4)C(c4ccccc4)(c4ccccc4)c4ccccc4-5)c4ccccc34)cc2)c2ccc3c(c2)C(c2ccccc2)(c2ccccc2)c2ccccc2-3)cc1. The van der Waals surface area contributed by atoms with E-state index in [0.717, 1.165) is 39.7 Å². The van der Waals surface area contributed by atoms with Crippen molar-refractivity contribution in [2.75, 3.05) is 9.80 Å². The van der Waals surface area contributed by atoms with Gasteiger partial charge in [-0.15, -0.1) is 0 Å². The van der Waals surface area contributed by atoms with E-state index in [1.54, 1.807) is 0 Å². The van der Waals surface area contributed by atoms with E-state index in [2.05, 4.69) is 337 Å². The fraction of sp³-hybridized carbons (Fsp3) is 0.0256.